The number of nitrogens with two attached hydrogens (primary N) is 1. The molecule has 0 aliphatic carbocycles. The number of esters is 1. The van der Waals surface area contributed by atoms with Gasteiger partial charge in [0.1, 0.15) is 6.04 Å². The lowest BCUT2D eigenvalue weighted by Gasteiger charge is -2.12. The smallest absolute Gasteiger partial charge is 0.324 e. The van der Waals surface area contributed by atoms with Crippen LogP contribution in [0.2, 0.25) is 0 Å². The summed E-state index contributed by atoms with van der Waals surface area (Å²) in [7, 11) is 1.37. The molecule has 0 aromatic carbocycles. The van der Waals surface area contributed by atoms with Gasteiger partial charge in [-0.2, -0.15) is 0 Å². The van der Waals surface area contributed by atoms with Crippen LogP contribution in [0.15, 0.2) is 0 Å². The van der Waals surface area contributed by atoms with Crippen molar-refractivity contribution < 1.29 is 9.53 Å². The maximum absolute atomic E-state index is 11.0. The predicted molar refractivity (Wildman–Crippen MR) is 47.3 cm³/mol. The van der Waals surface area contributed by atoms with Crippen LogP contribution in [0.5, 0.6) is 0 Å². The van der Waals surface area contributed by atoms with Gasteiger partial charge < -0.3 is 4.74 Å². The molecule has 0 heterocycles. The summed E-state index contributed by atoms with van der Waals surface area (Å²) in [6, 6.07) is -0.346. The van der Waals surface area contributed by atoms with Crippen molar-refractivity contribution >= 4 is 5.97 Å². The number of hydrogen-bond donors (Lipinski definition) is 2. The lowest BCUT2D eigenvalue weighted by molar-refractivity contribution is -0.143. The number of nitrogens with one attached hydrogen (secondary N) is 1. The Hall–Kier alpha value is -0.610. The van der Waals surface area contributed by atoms with Gasteiger partial charge in [0.25, 0.3) is 0 Å². The molecular formula is C8H18N2O2. The van der Waals surface area contributed by atoms with Gasteiger partial charge in [0.2, 0.25) is 0 Å². The van der Waals surface area contributed by atoms with Crippen LogP contribution in [0.1, 0.15) is 32.6 Å². The Morgan fingerprint density at radius 1 is 1.58 bits per heavy atom. The van der Waals surface area contributed by atoms with E-state index in [9.17, 15) is 4.79 Å². The van der Waals surface area contributed by atoms with Crippen molar-refractivity contribution in [2.75, 3.05) is 7.11 Å². The number of hydrogen-bond acceptors (Lipinski definition) is 4. The molecule has 0 aromatic rings. The Morgan fingerprint density at radius 2 is 2.25 bits per heavy atom. The minimum absolute atomic E-state index is 0.284. The topological polar surface area (TPSA) is 64.3 Å². The normalized spacial score (nSPS) is 12.6. The Balaban J connectivity index is 3.60. The van der Waals surface area contributed by atoms with E-state index in [1.54, 1.807) is 0 Å². The molecule has 0 aliphatic heterocycles. The number of unbranched alkanes of at least 4 members (excludes halogenated alkanes) is 2. The minimum Gasteiger partial charge on any atom is -0.468 e. The van der Waals surface area contributed by atoms with Crippen molar-refractivity contribution in [1.82, 2.24) is 5.43 Å². The first-order valence-electron chi connectivity index (χ1n) is 4.30. The molecule has 4 heteroatoms. The van der Waals surface area contributed by atoms with Crippen LogP contribution in [0, 0.1) is 0 Å². The van der Waals surface area contributed by atoms with E-state index in [4.69, 9.17) is 5.84 Å². The van der Waals surface area contributed by atoms with E-state index in [2.05, 4.69) is 17.1 Å². The third kappa shape index (κ3) is 4.31. The van der Waals surface area contributed by atoms with Gasteiger partial charge in [-0.1, -0.05) is 26.2 Å². The summed E-state index contributed by atoms with van der Waals surface area (Å²) in [5.74, 6) is 4.90. The van der Waals surface area contributed by atoms with Crippen molar-refractivity contribution in [1.29, 1.82) is 0 Å². The molecule has 0 rings (SSSR count). The molecule has 72 valence electrons. The standard InChI is InChI=1S/C8H18N2O2/c1-3-4-5-6-7(10-9)8(11)12-2/h7,10H,3-6,9H2,1-2H3. The van der Waals surface area contributed by atoms with Crippen LogP contribution in [0.4, 0.5) is 0 Å². The second-order valence-corrected chi connectivity index (χ2v) is 2.74. The molecule has 0 aliphatic rings. The van der Waals surface area contributed by atoms with Gasteiger partial charge in [-0.15, -0.1) is 0 Å². The highest BCUT2D eigenvalue weighted by Crippen LogP contribution is 2.03. The number of hydrazine groups is 1. The molecule has 0 aromatic heterocycles. The van der Waals surface area contributed by atoms with Crippen LogP contribution in [0.25, 0.3) is 0 Å². The summed E-state index contributed by atoms with van der Waals surface area (Å²) in [5, 5.41) is 0. The number of rotatable bonds is 6. The van der Waals surface area contributed by atoms with Gasteiger partial charge in [-0.3, -0.25) is 10.6 Å². The second kappa shape index (κ2) is 7.06. The van der Waals surface area contributed by atoms with Crippen molar-refractivity contribution in [3.63, 3.8) is 0 Å². The van der Waals surface area contributed by atoms with E-state index >= 15 is 0 Å². The number of ether oxygens (including phenoxy) is 1. The molecule has 0 saturated heterocycles. The molecule has 4 nitrogen and oxygen atoms in total. The Labute approximate surface area is 73.4 Å². The molecule has 0 radical (unpaired) electrons. The summed E-state index contributed by atoms with van der Waals surface area (Å²) in [6.07, 6.45) is 4.01. The van der Waals surface area contributed by atoms with E-state index in [0.717, 1.165) is 25.7 Å². The zero-order chi connectivity index (χ0) is 9.40. The second-order valence-electron chi connectivity index (χ2n) is 2.74. The van der Waals surface area contributed by atoms with E-state index in [-0.39, 0.29) is 12.0 Å². The highest BCUT2D eigenvalue weighted by Gasteiger charge is 2.15. The lowest BCUT2D eigenvalue weighted by Crippen LogP contribution is -2.41. The molecule has 0 spiro atoms. The Kier molecular flexibility index (Phi) is 6.70. The first-order valence-corrected chi connectivity index (χ1v) is 4.30. The molecule has 12 heavy (non-hydrogen) atoms. The fourth-order valence-corrected chi connectivity index (χ4v) is 1.01. The first-order chi connectivity index (χ1) is 5.76. The fraction of sp³-hybridized carbons (Fsp3) is 0.875. The summed E-state index contributed by atoms with van der Waals surface area (Å²) < 4.78 is 4.55. The highest BCUT2D eigenvalue weighted by molar-refractivity contribution is 5.75. The average Bonchev–Trinajstić information content (AvgIpc) is 2.11. The minimum atomic E-state index is -0.346. The Bertz CT molecular complexity index is 128. The maximum Gasteiger partial charge on any atom is 0.324 e. The average molecular weight is 174 g/mol. The molecule has 0 saturated carbocycles. The van der Waals surface area contributed by atoms with Gasteiger partial charge >= 0.3 is 5.97 Å². The monoisotopic (exact) mass is 174 g/mol. The molecule has 0 amide bonds. The zero-order valence-electron chi connectivity index (χ0n) is 7.80. The predicted octanol–water partition coefficient (Wildman–Crippen LogP) is 0.572. The third-order valence-electron chi connectivity index (χ3n) is 1.78. The number of carbonyl (C=O) groups excluding carboxylic acids is 1. The first kappa shape index (κ1) is 11.4. The third-order valence-corrected chi connectivity index (χ3v) is 1.78. The SMILES string of the molecule is CCCCCC(NN)C(=O)OC. The summed E-state index contributed by atoms with van der Waals surface area (Å²) in [6.45, 7) is 2.11. The van der Waals surface area contributed by atoms with Crippen LogP contribution in [0.3, 0.4) is 0 Å². The van der Waals surface area contributed by atoms with Gasteiger partial charge in [-0.05, 0) is 6.42 Å². The van der Waals surface area contributed by atoms with Crippen LogP contribution >= 0.6 is 0 Å². The van der Waals surface area contributed by atoms with E-state index < -0.39 is 0 Å². The lowest BCUT2D eigenvalue weighted by atomic mass is 10.1. The van der Waals surface area contributed by atoms with Gasteiger partial charge in [-0.25, -0.2) is 5.43 Å². The molecule has 3 N–H and O–H groups in total. The van der Waals surface area contributed by atoms with Crippen LogP contribution in [-0.2, 0) is 9.53 Å². The zero-order valence-corrected chi connectivity index (χ0v) is 7.80. The molecule has 0 bridgehead atoms. The van der Waals surface area contributed by atoms with E-state index in [1.807, 2.05) is 0 Å². The van der Waals surface area contributed by atoms with Crippen molar-refractivity contribution in [3.05, 3.63) is 0 Å². The van der Waals surface area contributed by atoms with Gasteiger partial charge in [0.05, 0.1) is 7.11 Å². The Morgan fingerprint density at radius 3 is 2.67 bits per heavy atom. The van der Waals surface area contributed by atoms with Gasteiger partial charge in [0.15, 0.2) is 0 Å². The van der Waals surface area contributed by atoms with Gasteiger partial charge in [0, 0.05) is 0 Å². The summed E-state index contributed by atoms with van der Waals surface area (Å²) in [4.78, 5) is 11.0. The summed E-state index contributed by atoms with van der Waals surface area (Å²) >= 11 is 0. The van der Waals surface area contributed by atoms with Crippen LogP contribution in [-0.4, -0.2) is 19.1 Å². The number of carbonyl (C=O) groups is 1. The quantitative estimate of drug-likeness (QED) is 0.267. The molecular weight excluding hydrogens is 156 g/mol. The van der Waals surface area contributed by atoms with E-state index in [1.165, 1.54) is 7.11 Å². The fourth-order valence-electron chi connectivity index (χ4n) is 1.01. The number of methoxy groups -OCH3 is 1. The van der Waals surface area contributed by atoms with Crippen molar-refractivity contribution in [3.8, 4) is 0 Å². The summed E-state index contributed by atoms with van der Waals surface area (Å²) in [5.41, 5.74) is 2.44. The highest BCUT2D eigenvalue weighted by atomic mass is 16.5. The molecule has 1 unspecified atom stereocenters. The van der Waals surface area contributed by atoms with Crippen molar-refractivity contribution in [2.45, 2.75) is 38.6 Å². The molecule has 0 fully saturated rings. The largest absolute Gasteiger partial charge is 0.468 e. The van der Waals surface area contributed by atoms with Crippen LogP contribution < -0.4 is 11.3 Å². The molecule has 1 atom stereocenters. The maximum atomic E-state index is 11.0. The van der Waals surface area contributed by atoms with Crippen molar-refractivity contribution in [2.24, 2.45) is 5.84 Å². The van der Waals surface area contributed by atoms with E-state index in [0.29, 0.717) is 0 Å².